The van der Waals surface area contributed by atoms with Crippen LogP contribution >= 0.6 is 0 Å². The number of unbranched alkanes of at least 4 members (excludes halogenated alkanes) is 21. The molecular formula is C47H85NO5. The third-order valence-electron chi connectivity index (χ3n) is 9.95. The Labute approximate surface area is 327 Å². The van der Waals surface area contributed by atoms with Crippen molar-refractivity contribution in [3.05, 3.63) is 48.6 Å². The molecule has 0 aromatic carbocycles. The Morgan fingerprint density at radius 2 is 1.04 bits per heavy atom. The van der Waals surface area contributed by atoms with Gasteiger partial charge in [0.15, 0.2) is 0 Å². The molecule has 0 saturated carbocycles. The van der Waals surface area contributed by atoms with Crippen molar-refractivity contribution >= 4 is 11.9 Å². The number of rotatable bonds is 39. The van der Waals surface area contributed by atoms with E-state index in [-0.39, 0.29) is 24.9 Å². The molecule has 0 spiro atoms. The molecule has 3 atom stereocenters. The highest BCUT2D eigenvalue weighted by molar-refractivity contribution is 5.77. The van der Waals surface area contributed by atoms with Crippen LogP contribution in [0.1, 0.15) is 213 Å². The van der Waals surface area contributed by atoms with E-state index in [2.05, 4.69) is 62.5 Å². The number of hydrogen-bond acceptors (Lipinski definition) is 5. The lowest BCUT2D eigenvalue weighted by Crippen LogP contribution is -2.46. The lowest BCUT2D eigenvalue weighted by atomic mass is 10.0. The van der Waals surface area contributed by atoms with Crippen molar-refractivity contribution < 1.29 is 24.5 Å². The van der Waals surface area contributed by atoms with E-state index in [0.717, 1.165) is 83.5 Å². The van der Waals surface area contributed by atoms with Gasteiger partial charge in [-0.25, -0.2) is 0 Å². The van der Waals surface area contributed by atoms with E-state index >= 15 is 0 Å². The van der Waals surface area contributed by atoms with Gasteiger partial charge in [0.1, 0.15) is 6.10 Å². The van der Waals surface area contributed by atoms with Crippen LogP contribution in [-0.4, -0.2) is 46.9 Å². The van der Waals surface area contributed by atoms with Crippen molar-refractivity contribution in [3.8, 4) is 0 Å². The molecule has 0 aliphatic heterocycles. The minimum atomic E-state index is -0.796. The molecule has 0 saturated heterocycles. The summed E-state index contributed by atoms with van der Waals surface area (Å²) >= 11 is 0. The summed E-state index contributed by atoms with van der Waals surface area (Å²) < 4.78 is 5.87. The van der Waals surface area contributed by atoms with Crippen LogP contribution in [0, 0.1) is 0 Å². The van der Waals surface area contributed by atoms with Gasteiger partial charge in [-0.2, -0.15) is 0 Å². The molecule has 0 aromatic rings. The molecule has 3 unspecified atom stereocenters. The number of aliphatic hydroxyl groups excluding tert-OH is 2. The van der Waals surface area contributed by atoms with Gasteiger partial charge in [-0.05, 0) is 70.6 Å². The first kappa shape index (κ1) is 50.8. The average Bonchev–Trinajstić information content (AvgIpc) is 3.15. The summed E-state index contributed by atoms with van der Waals surface area (Å²) in [7, 11) is 0. The average molecular weight is 744 g/mol. The fourth-order valence-electron chi connectivity index (χ4n) is 6.54. The minimum Gasteiger partial charge on any atom is -0.462 e. The summed E-state index contributed by atoms with van der Waals surface area (Å²) in [6.45, 7) is 6.29. The van der Waals surface area contributed by atoms with Gasteiger partial charge >= 0.3 is 5.97 Å². The molecular weight excluding hydrogens is 659 g/mol. The third-order valence-corrected chi connectivity index (χ3v) is 9.95. The predicted molar refractivity (Wildman–Crippen MR) is 227 cm³/mol. The van der Waals surface area contributed by atoms with Crippen LogP contribution in [0.15, 0.2) is 48.6 Å². The van der Waals surface area contributed by atoms with Gasteiger partial charge in [-0.3, -0.25) is 9.59 Å². The summed E-state index contributed by atoms with van der Waals surface area (Å²) in [5, 5.41) is 23.6. The summed E-state index contributed by atoms with van der Waals surface area (Å²) in [6.07, 6.45) is 47.4. The van der Waals surface area contributed by atoms with Crippen LogP contribution in [-0.2, 0) is 14.3 Å². The van der Waals surface area contributed by atoms with E-state index in [0.29, 0.717) is 19.3 Å². The lowest BCUT2D eigenvalue weighted by Gasteiger charge is -2.24. The van der Waals surface area contributed by atoms with Crippen LogP contribution in [0.5, 0.6) is 0 Å². The second-order valence-electron chi connectivity index (χ2n) is 15.1. The van der Waals surface area contributed by atoms with Gasteiger partial charge in [-0.15, -0.1) is 0 Å². The van der Waals surface area contributed by atoms with Crippen molar-refractivity contribution in [2.75, 3.05) is 6.61 Å². The van der Waals surface area contributed by atoms with Crippen LogP contribution in [0.2, 0.25) is 0 Å². The number of allylic oxidation sites excluding steroid dienone is 8. The Hall–Kier alpha value is -2.18. The zero-order chi connectivity index (χ0) is 38.9. The van der Waals surface area contributed by atoms with E-state index < -0.39 is 18.2 Å². The second-order valence-corrected chi connectivity index (χ2v) is 15.1. The molecule has 0 fully saturated rings. The third kappa shape index (κ3) is 36.6. The molecule has 0 aliphatic carbocycles. The standard InChI is InChI=1S/C47H85NO5/c1-4-7-10-13-16-19-22-23-25-28-31-34-37-40-47(52)53-43(38-35-32-29-26-24-20-17-14-11-8-5-2)41-46(51)48-44(42-49)45(50)39-36-33-30-27-21-18-15-12-9-6-3/h8,11,14,17,20,23-25,43-45,49-50H,4-7,9-10,12-13,15-16,18-19,21-22,26-42H2,1-3H3,(H,48,51)/b11-8+,17-14+,24-20-,25-23-. The summed E-state index contributed by atoms with van der Waals surface area (Å²) in [6, 6.07) is -0.712. The minimum absolute atomic E-state index is 0.0482. The molecule has 308 valence electrons. The van der Waals surface area contributed by atoms with Crippen molar-refractivity contribution in [2.24, 2.45) is 0 Å². The van der Waals surface area contributed by atoms with Gasteiger partial charge in [0.05, 0.1) is 25.2 Å². The number of carbonyl (C=O) groups excluding carboxylic acids is 2. The van der Waals surface area contributed by atoms with Gasteiger partial charge in [0.2, 0.25) is 5.91 Å². The van der Waals surface area contributed by atoms with E-state index in [9.17, 15) is 19.8 Å². The van der Waals surface area contributed by atoms with E-state index in [1.165, 1.54) is 83.5 Å². The number of aliphatic hydroxyl groups is 2. The molecule has 0 aromatic heterocycles. The lowest BCUT2D eigenvalue weighted by molar-refractivity contribution is -0.151. The van der Waals surface area contributed by atoms with Crippen molar-refractivity contribution in [1.29, 1.82) is 0 Å². The van der Waals surface area contributed by atoms with Crippen molar-refractivity contribution in [1.82, 2.24) is 5.32 Å². The number of carbonyl (C=O) groups is 2. The smallest absolute Gasteiger partial charge is 0.306 e. The highest BCUT2D eigenvalue weighted by Gasteiger charge is 2.24. The van der Waals surface area contributed by atoms with E-state index in [1.54, 1.807) is 0 Å². The maximum atomic E-state index is 13.1. The second kappa shape index (κ2) is 41.0. The highest BCUT2D eigenvalue weighted by Crippen LogP contribution is 2.17. The molecule has 0 rings (SSSR count). The monoisotopic (exact) mass is 744 g/mol. The van der Waals surface area contributed by atoms with Crippen LogP contribution < -0.4 is 5.32 Å². The Morgan fingerprint density at radius 1 is 0.566 bits per heavy atom. The van der Waals surface area contributed by atoms with Gasteiger partial charge in [0, 0.05) is 6.42 Å². The fraction of sp³-hybridized carbons (Fsp3) is 0.787. The zero-order valence-corrected chi connectivity index (χ0v) is 34.9. The summed E-state index contributed by atoms with van der Waals surface area (Å²) in [5.41, 5.74) is 0. The first-order chi connectivity index (χ1) is 26.0. The number of amides is 1. The number of ether oxygens (including phenoxy) is 1. The van der Waals surface area contributed by atoms with Gasteiger partial charge < -0.3 is 20.3 Å². The summed E-state index contributed by atoms with van der Waals surface area (Å²) in [5.74, 6) is -0.531. The molecule has 53 heavy (non-hydrogen) atoms. The predicted octanol–water partition coefficient (Wildman–Crippen LogP) is 12.7. The normalized spacial score (nSPS) is 13.8. The molecule has 1 amide bonds. The van der Waals surface area contributed by atoms with Crippen LogP contribution in [0.25, 0.3) is 0 Å². The molecule has 0 bridgehead atoms. The Kier molecular flexibility index (Phi) is 39.3. The Balaban J connectivity index is 4.66. The molecule has 0 heterocycles. The Bertz CT molecular complexity index is 926. The maximum Gasteiger partial charge on any atom is 0.306 e. The largest absolute Gasteiger partial charge is 0.462 e. The van der Waals surface area contributed by atoms with Crippen LogP contribution in [0.4, 0.5) is 0 Å². The van der Waals surface area contributed by atoms with Crippen LogP contribution in [0.3, 0.4) is 0 Å². The zero-order valence-electron chi connectivity index (χ0n) is 34.9. The quantitative estimate of drug-likeness (QED) is 0.0252. The van der Waals surface area contributed by atoms with Crippen molar-refractivity contribution in [3.63, 3.8) is 0 Å². The SMILES string of the molecule is CC/C=C/C=C/C=C\CCCCCC(CC(=O)NC(CO)C(O)CCCCCCCCCCCC)OC(=O)CCCCC/C=C\CCCCCCCC. The van der Waals surface area contributed by atoms with Gasteiger partial charge in [0.25, 0.3) is 0 Å². The Morgan fingerprint density at radius 3 is 1.60 bits per heavy atom. The molecule has 6 nitrogen and oxygen atoms in total. The maximum absolute atomic E-state index is 13.1. The fourth-order valence-corrected chi connectivity index (χ4v) is 6.54. The molecule has 0 radical (unpaired) electrons. The van der Waals surface area contributed by atoms with E-state index in [1.807, 2.05) is 12.2 Å². The number of hydrogen-bond donors (Lipinski definition) is 3. The first-order valence-electron chi connectivity index (χ1n) is 22.4. The van der Waals surface area contributed by atoms with Gasteiger partial charge in [-0.1, -0.05) is 179 Å². The molecule has 6 heteroatoms. The molecule has 0 aliphatic rings. The van der Waals surface area contributed by atoms with E-state index in [4.69, 9.17) is 4.74 Å². The molecule has 3 N–H and O–H groups in total. The highest BCUT2D eigenvalue weighted by atomic mass is 16.5. The van der Waals surface area contributed by atoms with Crippen molar-refractivity contribution in [2.45, 2.75) is 232 Å². The first-order valence-corrected chi connectivity index (χ1v) is 22.4. The number of nitrogens with one attached hydrogen (secondary N) is 1. The summed E-state index contributed by atoms with van der Waals surface area (Å²) in [4.78, 5) is 25.9. The topological polar surface area (TPSA) is 95.9 Å². The number of esters is 1.